The first kappa shape index (κ1) is 21.8. The van der Waals surface area contributed by atoms with E-state index in [1.54, 1.807) is 13.8 Å². The van der Waals surface area contributed by atoms with Crippen LogP contribution in [0.2, 0.25) is 0 Å². The van der Waals surface area contributed by atoms with Crippen molar-refractivity contribution in [2.24, 2.45) is 28.6 Å². The molecule has 0 aromatic rings. The zero-order valence-electron chi connectivity index (χ0n) is 17.1. The molecule has 4 nitrogen and oxygen atoms in total. The number of rotatable bonds is 2. The number of alkyl halides is 3. The molecule has 4 aliphatic carbocycles. The van der Waals surface area contributed by atoms with Crippen LogP contribution in [0.25, 0.3) is 0 Å². The number of carbonyl (C=O) groups is 3. The largest absolute Gasteiger partial charge is 0.380 e. The minimum atomic E-state index is -2.45. The summed E-state index contributed by atoms with van der Waals surface area (Å²) < 4.78 is 44.9. The number of allylic oxidation sites excluding steroid dienone is 4. The molecule has 3 fully saturated rings. The third kappa shape index (κ3) is 2.32. The van der Waals surface area contributed by atoms with Crippen molar-refractivity contribution in [3.8, 4) is 0 Å². The Kier molecular flexibility index (Phi) is 4.76. The lowest BCUT2D eigenvalue weighted by molar-refractivity contribution is -0.185. The van der Waals surface area contributed by atoms with Gasteiger partial charge in [0.25, 0.3) is 0 Å². The number of halogens is 3. The Balaban J connectivity index is 1.85. The number of thioether (sulfide) groups is 1. The highest BCUT2D eigenvalue weighted by Crippen LogP contribution is 2.70. The van der Waals surface area contributed by atoms with Crippen molar-refractivity contribution in [1.82, 2.24) is 0 Å². The minimum Gasteiger partial charge on any atom is -0.380 e. The average Bonchev–Trinajstić information content (AvgIpc) is 2.88. The number of fused-ring (bicyclic) bond motifs is 5. The number of ketones is 2. The summed E-state index contributed by atoms with van der Waals surface area (Å²) in [5, 5.41) is 10.7. The van der Waals surface area contributed by atoms with E-state index in [2.05, 4.69) is 0 Å². The number of aliphatic hydroxyl groups is 1. The standard InChI is InChI=1S/C22H25F3O4S/c1-11-6-13-14-8-16(24)15-7-12(26)4-5-19(15,2)21(14,25)17(27)9-20(13,3)22(11,29)18(28)30-10-23/h4-5,7,11,13-14,16,29H,6,8-10H2,1-3H3. The first-order valence-corrected chi connectivity index (χ1v) is 11.1. The van der Waals surface area contributed by atoms with Crippen LogP contribution >= 0.6 is 11.8 Å². The van der Waals surface area contributed by atoms with Gasteiger partial charge in [-0.2, -0.15) is 0 Å². The lowest BCUT2D eigenvalue weighted by Crippen LogP contribution is -2.69. The van der Waals surface area contributed by atoms with E-state index >= 15 is 8.78 Å². The van der Waals surface area contributed by atoms with E-state index < -0.39 is 75.1 Å². The van der Waals surface area contributed by atoms with Gasteiger partial charge in [0.15, 0.2) is 17.2 Å². The lowest BCUT2D eigenvalue weighted by Gasteiger charge is -2.60. The summed E-state index contributed by atoms with van der Waals surface area (Å²) in [6, 6.07) is -1.02. The SMILES string of the molecule is CC1CC2C3CC(F)C4=CC(=O)C=CC4(C)C3(F)C(=O)CC2(C)C1(O)C(=O)SCF. The van der Waals surface area contributed by atoms with Crippen LogP contribution < -0.4 is 0 Å². The Morgan fingerprint density at radius 1 is 1.27 bits per heavy atom. The van der Waals surface area contributed by atoms with Crippen LogP contribution in [0.15, 0.2) is 23.8 Å². The summed E-state index contributed by atoms with van der Waals surface area (Å²) in [5.74, 6) is -3.61. The molecule has 3 saturated carbocycles. The first-order valence-electron chi connectivity index (χ1n) is 10.1. The molecule has 0 spiro atoms. The van der Waals surface area contributed by atoms with E-state index in [0.717, 1.165) is 12.2 Å². The molecule has 0 aromatic heterocycles. The topological polar surface area (TPSA) is 71.4 Å². The van der Waals surface area contributed by atoms with Gasteiger partial charge in [0.2, 0.25) is 5.12 Å². The maximum absolute atomic E-state index is 16.8. The maximum atomic E-state index is 16.8. The third-order valence-corrected chi connectivity index (χ3v) is 9.15. The Hall–Kier alpha value is -1.41. The number of hydrogen-bond acceptors (Lipinski definition) is 5. The Morgan fingerprint density at radius 2 is 1.93 bits per heavy atom. The summed E-state index contributed by atoms with van der Waals surface area (Å²) in [5.41, 5.74) is -7.43. The highest BCUT2D eigenvalue weighted by molar-refractivity contribution is 8.13. The van der Waals surface area contributed by atoms with Crippen molar-refractivity contribution < 1.29 is 32.7 Å². The molecule has 8 heteroatoms. The summed E-state index contributed by atoms with van der Waals surface area (Å²) in [4.78, 5) is 37.9. The second-order valence-corrected chi connectivity index (χ2v) is 10.5. The fourth-order valence-corrected chi connectivity index (χ4v) is 7.62. The summed E-state index contributed by atoms with van der Waals surface area (Å²) in [6.45, 7) is 4.64. The normalized spacial score (nSPS) is 49.9. The number of carbonyl (C=O) groups excluding carboxylic acids is 3. The predicted molar refractivity (Wildman–Crippen MR) is 106 cm³/mol. The quantitative estimate of drug-likeness (QED) is 0.707. The molecule has 8 atom stereocenters. The van der Waals surface area contributed by atoms with E-state index in [1.807, 2.05) is 0 Å². The number of hydrogen-bond donors (Lipinski definition) is 1. The zero-order valence-corrected chi connectivity index (χ0v) is 17.9. The van der Waals surface area contributed by atoms with Gasteiger partial charge < -0.3 is 5.11 Å². The molecule has 0 aliphatic heterocycles. The molecular formula is C22H25F3O4S. The van der Waals surface area contributed by atoms with Gasteiger partial charge in [-0.15, -0.1) is 0 Å². The van der Waals surface area contributed by atoms with Crippen LogP contribution in [0.3, 0.4) is 0 Å². The van der Waals surface area contributed by atoms with Crippen molar-refractivity contribution >= 4 is 28.4 Å². The van der Waals surface area contributed by atoms with E-state index in [4.69, 9.17) is 0 Å². The molecule has 0 amide bonds. The van der Waals surface area contributed by atoms with Crippen LogP contribution in [-0.4, -0.2) is 45.2 Å². The third-order valence-electron chi connectivity index (χ3n) is 8.47. The molecule has 0 radical (unpaired) electrons. The van der Waals surface area contributed by atoms with Crippen LogP contribution in [0.5, 0.6) is 0 Å². The molecule has 0 heterocycles. The molecule has 8 unspecified atom stereocenters. The molecule has 4 rings (SSSR count). The minimum absolute atomic E-state index is 0.0314. The zero-order chi connectivity index (χ0) is 22.3. The van der Waals surface area contributed by atoms with Crippen LogP contribution in [0, 0.1) is 28.6 Å². The second-order valence-electron chi connectivity index (χ2n) is 9.63. The lowest BCUT2D eigenvalue weighted by atomic mass is 9.45. The molecule has 4 aliphatic rings. The van der Waals surface area contributed by atoms with Gasteiger partial charge in [-0.1, -0.05) is 31.7 Å². The van der Waals surface area contributed by atoms with Crippen LogP contribution in [-0.2, 0) is 14.4 Å². The summed E-state index contributed by atoms with van der Waals surface area (Å²) in [7, 11) is 0. The monoisotopic (exact) mass is 442 g/mol. The van der Waals surface area contributed by atoms with E-state index in [9.17, 15) is 23.9 Å². The number of Topliss-reactive ketones (excluding diaryl/α,β-unsaturated/α-hetero) is 1. The van der Waals surface area contributed by atoms with Crippen molar-refractivity contribution in [3.63, 3.8) is 0 Å². The molecule has 164 valence electrons. The van der Waals surface area contributed by atoms with Gasteiger partial charge in [0.1, 0.15) is 17.8 Å². The Morgan fingerprint density at radius 3 is 2.57 bits per heavy atom. The van der Waals surface area contributed by atoms with Gasteiger partial charge in [0.05, 0.1) is 5.41 Å². The van der Waals surface area contributed by atoms with Gasteiger partial charge in [0, 0.05) is 17.8 Å². The molecule has 0 saturated heterocycles. The van der Waals surface area contributed by atoms with E-state index in [0.29, 0.717) is 11.8 Å². The van der Waals surface area contributed by atoms with Crippen molar-refractivity contribution in [2.75, 3.05) is 6.01 Å². The fourth-order valence-electron chi connectivity index (χ4n) is 6.87. The smallest absolute Gasteiger partial charge is 0.223 e. The van der Waals surface area contributed by atoms with Crippen molar-refractivity contribution in [1.29, 1.82) is 0 Å². The summed E-state index contributed by atoms with van der Waals surface area (Å²) >= 11 is 0.341. The van der Waals surface area contributed by atoms with E-state index in [1.165, 1.54) is 13.0 Å². The highest BCUT2D eigenvalue weighted by atomic mass is 32.2. The maximum Gasteiger partial charge on any atom is 0.223 e. The fraction of sp³-hybridized carbons (Fsp3) is 0.682. The molecule has 0 bridgehead atoms. The second kappa shape index (κ2) is 6.55. The molecular weight excluding hydrogens is 417 g/mol. The highest BCUT2D eigenvalue weighted by Gasteiger charge is 2.76. The van der Waals surface area contributed by atoms with Crippen molar-refractivity contribution in [3.05, 3.63) is 23.8 Å². The Bertz CT molecular complexity index is 903. The molecule has 1 N–H and O–H groups in total. The molecule has 0 aromatic carbocycles. The van der Waals surface area contributed by atoms with Crippen LogP contribution in [0.1, 0.15) is 40.0 Å². The van der Waals surface area contributed by atoms with Gasteiger partial charge >= 0.3 is 0 Å². The van der Waals surface area contributed by atoms with Gasteiger partial charge in [-0.3, -0.25) is 14.4 Å². The van der Waals surface area contributed by atoms with Crippen molar-refractivity contribution in [2.45, 2.75) is 57.5 Å². The van der Waals surface area contributed by atoms with Gasteiger partial charge in [-0.05, 0) is 49.3 Å². The van der Waals surface area contributed by atoms with E-state index in [-0.39, 0.29) is 18.4 Å². The van der Waals surface area contributed by atoms with Gasteiger partial charge in [-0.25, -0.2) is 13.2 Å². The summed E-state index contributed by atoms with van der Waals surface area (Å²) in [6.07, 6.45) is 1.42. The first-order chi connectivity index (χ1) is 13.9. The Labute approximate surface area is 177 Å². The predicted octanol–water partition coefficient (Wildman–Crippen LogP) is 3.68. The average molecular weight is 442 g/mol. The van der Waals surface area contributed by atoms with Crippen LogP contribution in [0.4, 0.5) is 13.2 Å². The molecule has 30 heavy (non-hydrogen) atoms.